The molecule has 2 aromatic rings. The van der Waals surface area contributed by atoms with Gasteiger partial charge in [0.05, 0.1) is 5.52 Å². The Bertz CT molecular complexity index is 511. The fourth-order valence-corrected chi connectivity index (χ4v) is 1.55. The number of benzene rings is 1. The van der Waals surface area contributed by atoms with Crippen LogP contribution in [0.3, 0.4) is 0 Å². The zero-order valence-corrected chi connectivity index (χ0v) is 8.53. The number of ether oxygens (including phenoxy) is 1. The highest BCUT2D eigenvalue weighted by molar-refractivity contribution is 5.72. The van der Waals surface area contributed by atoms with E-state index in [1.54, 1.807) is 26.3 Å². The van der Waals surface area contributed by atoms with Crippen LogP contribution in [0.25, 0.3) is 11.1 Å². The molecule has 5 heteroatoms. The largest absolute Gasteiger partial charge is 0.417 e. The lowest BCUT2D eigenvalue weighted by molar-refractivity contribution is 0.0809. The molecule has 1 atom stereocenters. The zero-order chi connectivity index (χ0) is 10.8. The van der Waals surface area contributed by atoms with Crippen LogP contribution in [0.5, 0.6) is 0 Å². The average molecular weight is 208 g/mol. The van der Waals surface area contributed by atoms with Crippen molar-refractivity contribution in [2.24, 2.45) is 0 Å². The smallest absolute Gasteiger partial charge is 0.408 e. The molecular weight excluding hydrogens is 196 g/mol. The normalized spacial score (nSPS) is 13.2. The molecule has 0 radical (unpaired) electrons. The minimum absolute atomic E-state index is 0.199. The Kier molecular flexibility index (Phi) is 2.57. The monoisotopic (exact) mass is 208 g/mol. The van der Waals surface area contributed by atoms with Gasteiger partial charge in [0.15, 0.2) is 5.58 Å². The molecule has 0 bridgehead atoms. The Hall–Kier alpha value is -1.59. The van der Waals surface area contributed by atoms with Crippen molar-refractivity contribution in [3.05, 3.63) is 34.3 Å². The van der Waals surface area contributed by atoms with Crippen LogP contribution in [0.2, 0.25) is 0 Å². The summed E-state index contributed by atoms with van der Waals surface area (Å²) in [5, 5.41) is 2.99. The first-order chi connectivity index (χ1) is 7.24. The van der Waals surface area contributed by atoms with E-state index in [1.165, 1.54) is 0 Å². The van der Waals surface area contributed by atoms with E-state index in [4.69, 9.17) is 9.15 Å². The molecule has 0 aliphatic rings. The number of rotatable bonds is 3. The Morgan fingerprint density at radius 2 is 2.33 bits per heavy atom. The van der Waals surface area contributed by atoms with Gasteiger partial charge < -0.3 is 9.15 Å². The maximum Gasteiger partial charge on any atom is 0.417 e. The van der Waals surface area contributed by atoms with Crippen LogP contribution in [0.1, 0.15) is 11.8 Å². The predicted molar refractivity (Wildman–Crippen MR) is 55.6 cm³/mol. The maximum absolute atomic E-state index is 10.9. The molecule has 15 heavy (non-hydrogen) atoms. The lowest BCUT2D eigenvalue weighted by Gasteiger charge is -2.13. The van der Waals surface area contributed by atoms with E-state index in [9.17, 15) is 4.79 Å². The Labute approximate surface area is 86.0 Å². The van der Waals surface area contributed by atoms with E-state index in [1.807, 2.05) is 6.07 Å². The molecule has 0 saturated heterocycles. The second-order valence-corrected chi connectivity index (χ2v) is 3.17. The standard InChI is InChI=1S/C10H12N2O3/c1-11-9(14-2)6-3-4-7-8(5-6)15-10(13)12-7/h3-5,9,11H,1-2H3,(H,12,13). The van der Waals surface area contributed by atoms with Crippen LogP contribution < -0.4 is 11.1 Å². The summed E-state index contributed by atoms with van der Waals surface area (Å²) in [6.07, 6.45) is -0.199. The van der Waals surface area contributed by atoms with Crippen LogP contribution in [-0.2, 0) is 4.74 Å². The van der Waals surface area contributed by atoms with Crippen molar-refractivity contribution in [2.45, 2.75) is 6.23 Å². The lowest BCUT2D eigenvalue weighted by atomic mass is 10.2. The molecule has 0 saturated carbocycles. The molecule has 2 N–H and O–H groups in total. The Balaban J connectivity index is 2.49. The van der Waals surface area contributed by atoms with Gasteiger partial charge in [-0.3, -0.25) is 10.3 Å². The Morgan fingerprint density at radius 1 is 1.53 bits per heavy atom. The van der Waals surface area contributed by atoms with Gasteiger partial charge in [-0.15, -0.1) is 0 Å². The SMILES string of the molecule is CNC(OC)c1ccc2[nH]c(=O)oc2c1. The van der Waals surface area contributed by atoms with E-state index < -0.39 is 5.76 Å². The third-order valence-corrected chi connectivity index (χ3v) is 2.25. The van der Waals surface area contributed by atoms with Gasteiger partial charge in [0.25, 0.3) is 0 Å². The number of hydrogen-bond acceptors (Lipinski definition) is 4. The van der Waals surface area contributed by atoms with Crippen molar-refractivity contribution >= 4 is 11.1 Å². The van der Waals surface area contributed by atoms with E-state index >= 15 is 0 Å². The van der Waals surface area contributed by atoms with E-state index in [2.05, 4.69) is 10.3 Å². The van der Waals surface area contributed by atoms with Gasteiger partial charge in [-0.1, -0.05) is 6.07 Å². The molecule has 1 heterocycles. The summed E-state index contributed by atoms with van der Waals surface area (Å²) in [4.78, 5) is 13.5. The molecule has 1 aromatic carbocycles. The first kappa shape index (κ1) is 9.95. The third kappa shape index (κ3) is 1.79. The average Bonchev–Trinajstić information content (AvgIpc) is 2.59. The summed E-state index contributed by atoms with van der Waals surface area (Å²) >= 11 is 0. The van der Waals surface area contributed by atoms with Crippen LogP contribution in [-0.4, -0.2) is 19.1 Å². The summed E-state index contributed by atoms with van der Waals surface area (Å²) in [5.41, 5.74) is 2.14. The van der Waals surface area contributed by atoms with Gasteiger partial charge in [-0.25, -0.2) is 4.79 Å². The summed E-state index contributed by atoms with van der Waals surface area (Å²) in [7, 11) is 3.41. The minimum Gasteiger partial charge on any atom is -0.408 e. The first-order valence-electron chi connectivity index (χ1n) is 4.57. The van der Waals surface area contributed by atoms with Gasteiger partial charge in [0, 0.05) is 7.11 Å². The molecule has 1 aromatic heterocycles. The highest BCUT2D eigenvalue weighted by atomic mass is 16.5. The summed E-state index contributed by atoms with van der Waals surface area (Å²) in [6, 6.07) is 5.44. The number of aromatic nitrogens is 1. The van der Waals surface area contributed by atoms with Crippen molar-refractivity contribution in [2.75, 3.05) is 14.2 Å². The minimum atomic E-state index is -0.444. The molecule has 0 fully saturated rings. The number of H-pyrrole nitrogens is 1. The van der Waals surface area contributed by atoms with Crippen LogP contribution in [0, 0.1) is 0 Å². The van der Waals surface area contributed by atoms with Crippen LogP contribution >= 0.6 is 0 Å². The highest BCUT2D eigenvalue weighted by Crippen LogP contribution is 2.18. The molecule has 0 aliphatic heterocycles. The number of aromatic amines is 1. The molecule has 80 valence electrons. The van der Waals surface area contributed by atoms with Gasteiger partial charge in [0.1, 0.15) is 6.23 Å². The van der Waals surface area contributed by atoms with Gasteiger partial charge in [-0.2, -0.15) is 0 Å². The fourth-order valence-electron chi connectivity index (χ4n) is 1.55. The van der Waals surface area contributed by atoms with Crippen molar-refractivity contribution in [3.8, 4) is 0 Å². The van der Waals surface area contributed by atoms with Crippen LogP contribution in [0.15, 0.2) is 27.4 Å². The topological polar surface area (TPSA) is 67.3 Å². The molecule has 0 aliphatic carbocycles. The second-order valence-electron chi connectivity index (χ2n) is 3.17. The van der Waals surface area contributed by atoms with E-state index in [0.29, 0.717) is 11.1 Å². The third-order valence-electron chi connectivity index (χ3n) is 2.25. The lowest BCUT2D eigenvalue weighted by Crippen LogP contribution is -2.17. The van der Waals surface area contributed by atoms with E-state index in [-0.39, 0.29) is 6.23 Å². The number of oxazole rings is 1. The summed E-state index contributed by atoms with van der Waals surface area (Å²) in [5.74, 6) is -0.444. The molecule has 2 rings (SSSR count). The molecule has 1 unspecified atom stereocenters. The summed E-state index contributed by atoms with van der Waals surface area (Å²) < 4.78 is 10.2. The van der Waals surface area contributed by atoms with Crippen molar-refractivity contribution in [3.63, 3.8) is 0 Å². The number of methoxy groups -OCH3 is 1. The van der Waals surface area contributed by atoms with Gasteiger partial charge in [-0.05, 0) is 24.7 Å². The van der Waals surface area contributed by atoms with Gasteiger partial charge in [0.2, 0.25) is 0 Å². The fraction of sp³-hybridized carbons (Fsp3) is 0.300. The van der Waals surface area contributed by atoms with Gasteiger partial charge >= 0.3 is 5.76 Å². The second kappa shape index (κ2) is 3.88. The maximum atomic E-state index is 10.9. The predicted octanol–water partition coefficient (Wildman–Crippen LogP) is 0.985. The highest BCUT2D eigenvalue weighted by Gasteiger charge is 2.09. The van der Waals surface area contributed by atoms with Crippen molar-refractivity contribution in [1.82, 2.24) is 10.3 Å². The molecule has 0 amide bonds. The number of nitrogens with one attached hydrogen (secondary N) is 2. The number of fused-ring (bicyclic) bond motifs is 1. The molecule has 0 spiro atoms. The zero-order valence-electron chi connectivity index (χ0n) is 8.53. The van der Waals surface area contributed by atoms with Crippen molar-refractivity contribution < 1.29 is 9.15 Å². The van der Waals surface area contributed by atoms with E-state index in [0.717, 1.165) is 5.56 Å². The number of hydrogen-bond donors (Lipinski definition) is 2. The molecule has 5 nitrogen and oxygen atoms in total. The van der Waals surface area contributed by atoms with Crippen LogP contribution in [0.4, 0.5) is 0 Å². The summed E-state index contributed by atoms with van der Waals surface area (Å²) in [6.45, 7) is 0. The van der Waals surface area contributed by atoms with Crippen molar-refractivity contribution in [1.29, 1.82) is 0 Å². The molecular formula is C10H12N2O3. The quantitative estimate of drug-likeness (QED) is 0.738. The Morgan fingerprint density at radius 3 is 3.00 bits per heavy atom. The first-order valence-corrected chi connectivity index (χ1v) is 4.57.